The number of alkyl halides is 2. The molecule has 0 bridgehead atoms. The second-order valence-electron chi connectivity index (χ2n) is 4.78. The minimum atomic E-state index is -2.67. The van der Waals surface area contributed by atoms with Crippen molar-refractivity contribution in [2.45, 2.75) is 45.4 Å². The molecule has 0 amide bonds. The van der Waals surface area contributed by atoms with Crippen LogP contribution in [0.1, 0.15) is 38.6 Å². The fraction of sp³-hybridized carbons (Fsp3) is 0.692. The van der Waals surface area contributed by atoms with E-state index >= 15 is 0 Å². The van der Waals surface area contributed by atoms with Crippen LogP contribution in [-0.2, 0) is 16.1 Å². The Hall–Kier alpha value is -1.50. The Morgan fingerprint density at radius 3 is 3.05 bits per heavy atom. The van der Waals surface area contributed by atoms with Gasteiger partial charge in [-0.3, -0.25) is 14.3 Å². The predicted octanol–water partition coefficient (Wildman–Crippen LogP) is 2.20. The third-order valence-electron chi connectivity index (χ3n) is 3.59. The van der Waals surface area contributed by atoms with Gasteiger partial charge in [-0.1, -0.05) is 13.3 Å². The maximum Gasteiger partial charge on any atom is 0.323 e. The minimum absolute atomic E-state index is 0.0622. The van der Waals surface area contributed by atoms with E-state index in [0.717, 1.165) is 32.4 Å². The molecular weight excluding hydrogens is 268 g/mol. The number of hydrogen-bond donors (Lipinski definition) is 0. The summed E-state index contributed by atoms with van der Waals surface area (Å²) in [7, 11) is 0. The van der Waals surface area contributed by atoms with Gasteiger partial charge in [0.2, 0.25) is 0 Å². The van der Waals surface area contributed by atoms with Crippen molar-refractivity contribution in [2.24, 2.45) is 0 Å². The highest BCUT2D eigenvalue weighted by molar-refractivity contribution is 5.75. The Bertz CT molecular complexity index is 451. The van der Waals surface area contributed by atoms with Gasteiger partial charge in [0.15, 0.2) is 5.82 Å². The van der Waals surface area contributed by atoms with Gasteiger partial charge in [0.1, 0.15) is 12.6 Å². The third kappa shape index (κ3) is 3.33. The number of imidazole rings is 1. The number of aromatic nitrogens is 2. The summed E-state index contributed by atoms with van der Waals surface area (Å²) in [6.45, 7) is 0.764. The molecule has 0 unspecified atom stereocenters. The van der Waals surface area contributed by atoms with E-state index in [0.29, 0.717) is 4.57 Å². The van der Waals surface area contributed by atoms with Crippen LogP contribution >= 0.6 is 0 Å². The SMILES string of the molecule is CCN1CCCC[C@H]1C(=O)OCc1nccn1C(F)F. The number of hydrogen-bond acceptors (Lipinski definition) is 4. The topological polar surface area (TPSA) is 47.4 Å². The Morgan fingerprint density at radius 1 is 1.55 bits per heavy atom. The molecule has 1 saturated heterocycles. The lowest BCUT2D eigenvalue weighted by Crippen LogP contribution is -2.45. The van der Waals surface area contributed by atoms with Gasteiger partial charge in [0.25, 0.3) is 0 Å². The maximum absolute atomic E-state index is 12.6. The molecule has 1 aliphatic heterocycles. The van der Waals surface area contributed by atoms with E-state index in [1.807, 2.05) is 6.92 Å². The zero-order valence-electron chi connectivity index (χ0n) is 11.5. The monoisotopic (exact) mass is 287 g/mol. The van der Waals surface area contributed by atoms with Crippen LogP contribution in [-0.4, -0.2) is 39.6 Å². The highest BCUT2D eigenvalue weighted by Gasteiger charge is 2.29. The summed E-state index contributed by atoms with van der Waals surface area (Å²) in [5.41, 5.74) is 0. The first-order chi connectivity index (χ1) is 9.63. The molecule has 2 heterocycles. The van der Waals surface area contributed by atoms with Gasteiger partial charge in [-0.2, -0.15) is 8.78 Å². The van der Waals surface area contributed by atoms with E-state index in [1.54, 1.807) is 0 Å². The van der Waals surface area contributed by atoms with Gasteiger partial charge in [-0.05, 0) is 25.9 Å². The molecule has 2 rings (SSSR count). The van der Waals surface area contributed by atoms with Crippen LogP contribution in [0.2, 0.25) is 0 Å². The van der Waals surface area contributed by atoms with Gasteiger partial charge in [0.05, 0.1) is 0 Å². The number of carbonyl (C=O) groups is 1. The van der Waals surface area contributed by atoms with Crippen LogP contribution in [0, 0.1) is 0 Å². The summed E-state index contributed by atoms with van der Waals surface area (Å²) >= 11 is 0. The molecule has 20 heavy (non-hydrogen) atoms. The van der Waals surface area contributed by atoms with Crippen molar-refractivity contribution in [2.75, 3.05) is 13.1 Å². The molecule has 1 aromatic heterocycles. The molecule has 0 saturated carbocycles. The number of piperidine rings is 1. The number of likely N-dealkylation sites (N-methyl/N-ethyl adjacent to an activating group) is 1. The third-order valence-corrected chi connectivity index (χ3v) is 3.59. The second-order valence-corrected chi connectivity index (χ2v) is 4.78. The molecule has 1 aliphatic rings. The maximum atomic E-state index is 12.6. The fourth-order valence-corrected chi connectivity index (χ4v) is 2.50. The van der Waals surface area contributed by atoms with Crippen molar-refractivity contribution in [1.82, 2.24) is 14.5 Å². The van der Waals surface area contributed by atoms with Crippen LogP contribution in [0.3, 0.4) is 0 Å². The van der Waals surface area contributed by atoms with E-state index in [9.17, 15) is 13.6 Å². The van der Waals surface area contributed by atoms with Gasteiger partial charge < -0.3 is 4.74 Å². The fourth-order valence-electron chi connectivity index (χ4n) is 2.50. The predicted molar refractivity (Wildman–Crippen MR) is 68.2 cm³/mol. The lowest BCUT2D eigenvalue weighted by atomic mass is 10.0. The number of nitrogens with zero attached hydrogens (tertiary/aromatic N) is 3. The van der Waals surface area contributed by atoms with Crippen molar-refractivity contribution in [3.05, 3.63) is 18.2 Å². The smallest absolute Gasteiger partial charge is 0.323 e. The molecular formula is C13H19F2N3O2. The molecule has 0 aromatic carbocycles. The van der Waals surface area contributed by atoms with E-state index in [-0.39, 0.29) is 24.4 Å². The minimum Gasteiger partial charge on any atom is -0.456 e. The highest BCUT2D eigenvalue weighted by Crippen LogP contribution is 2.19. The van der Waals surface area contributed by atoms with Crippen molar-refractivity contribution < 1.29 is 18.3 Å². The molecule has 0 spiro atoms. The number of rotatable bonds is 5. The average molecular weight is 287 g/mol. The zero-order valence-corrected chi connectivity index (χ0v) is 11.5. The van der Waals surface area contributed by atoms with Gasteiger partial charge in [-0.25, -0.2) is 4.98 Å². The number of carbonyl (C=O) groups excluding carboxylic acids is 1. The van der Waals surface area contributed by atoms with Crippen molar-refractivity contribution in [3.63, 3.8) is 0 Å². The molecule has 112 valence electrons. The van der Waals surface area contributed by atoms with Crippen molar-refractivity contribution in [3.8, 4) is 0 Å². The van der Waals surface area contributed by atoms with Crippen LogP contribution in [0.25, 0.3) is 0 Å². The van der Waals surface area contributed by atoms with Crippen LogP contribution in [0.15, 0.2) is 12.4 Å². The number of ether oxygens (including phenoxy) is 1. The van der Waals surface area contributed by atoms with E-state index in [1.165, 1.54) is 12.4 Å². The molecule has 0 N–H and O–H groups in total. The van der Waals surface area contributed by atoms with Crippen LogP contribution < -0.4 is 0 Å². The quantitative estimate of drug-likeness (QED) is 0.779. The van der Waals surface area contributed by atoms with E-state index in [4.69, 9.17) is 4.74 Å². The molecule has 0 aliphatic carbocycles. The van der Waals surface area contributed by atoms with Crippen molar-refractivity contribution in [1.29, 1.82) is 0 Å². The van der Waals surface area contributed by atoms with Crippen LogP contribution in [0.4, 0.5) is 8.78 Å². The molecule has 1 aromatic rings. The molecule has 1 fully saturated rings. The summed E-state index contributed by atoms with van der Waals surface area (Å²) in [5, 5.41) is 0. The highest BCUT2D eigenvalue weighted by atomic mass is 19.3. The first-order valence-electron chi connectivity index (χ1n) is 6.84. The molecule has 5 nitrogen and oxygen atoms in total. The Labute approximate surface area is 116 Å². The van der Waals surface area contributed by atoms with Gasteiger partial charge in [0, 0.05) is 12.4 Å². The average Bonchev–Trinajstić information content (AvgIpc) is 2.93. The summed E-state index contributed by atoms with van der Waals surface area (Å²) in [5.74, 6) is -0.289. The number of halogens is 2. The molecule has 7 heteroatoms. The largest absolute Gasteiger partial charge is 0.456 e. The normalized spacial score (nSPS) is 20.3. The lowest BCUT2D eigenvalue weighted by Gasteiger charge is -2.32. The van der Waals surface area contributed by atoms with Gasteiger partial charge in [-0.15, -0.1) is 0 Å². The summed E-state index contributed by atoms with van der Waals surface area (Å²) in [6.07, 6.45) is 5.27. The molecule has 0 radical (unpaired) electrons. The summed E-state index contributed by atoms with van der Waals surface area (Å²) in [6, 6.07) is -0.260. The van der Waals surface area contributed by atoms with Gasteiger partial charge >= 0.3 is 12.5 Å². The van der Waals surface area contributed by atoms with Crippen molar-refractivity contribution >= 4 is 5.97 Å². The number of esters is 1. The summed E-state index contributed by atoms with van der Waals surface area (Å²) in [4.78, 5) is 17.9. The number of likely N-dealkylation sites (tertiary alicyclic amines) is 1. The first-order valence-corrected chi connectivity index (χ1v) is 6.84. The van der Waals surface area contributed by atoms with Crippen LogP contribution in [0.5, 0.6) is 0 Å². The Kier molecular flexibility index (Phi) is 5.05. The second kappa shape index (κ2) is 6.78. The van der Waals surface area contributed by atoms with E-state index < -0.39 is 6.55 Å². The molecule has 1 atom stereocenters. The standard InChI is InChI=1S/C13H19F2N3O2/c1-2-17-7-4-3-5-10(17)12(19)20-9-11-16-6-8-18(11)13(14)15/h6,8,10,13H,2-5,7,9H2,1H3/t10-/m0/s1. The Morgan fingerprint density at radius 2 is 2.35 bits per heavy atom. The first kappa shape index (κ1) is 14.9. The lowest BCUT2D eigenvalue weighted by molar-refractivity contribution is -0.153. The van der Waals surface area contributed by atoms with E-state index in [2.05, 4.69) is 9.88 Å². The summed E-state index contributed by atoms with van der Waals surface area (Å²) < 4.78 is 31.1. The zero-order chi connectivity index (χ0) is 14.5. The Balaban J connectivity index is 1.92.